The van der Waals surface area contributed by atoms with Gasteiger partial charge in [-0.25, -0.2) is 17.9 Å². The topological polar surface area (TPSA) is 111 Å². The molecule has 0 aliphatic heterocycles. The molecule has 0 saturated heterocycles. The van der Waals surface area contributed by atoms with Crippen LogP contribution in [0.2, 0.25) is 0 Å². The van der Waals surface area contributed by atoms with E-state index >= 15 is 0 Å². The lowest BCUT2D eigenvalue weighted by molar-refractivity contribution is -0.123. The van der Waals surface area contributed by atoms with Gasteiger partial charge in [-0.15, -0.1) is 0 Å². The number of nitrogens with one attached hydrogen (secondary N) is 2. The molecule has 0 heterocycles. The van der Waals surface area contributed by atoms with Crippen LogP contribution >= 0.6 is 0 Å². The van der Waals surface area contributed by atoms with Gasteiger partial charge in [-0.2, -0.15) is 0 Å². The number of benzene rings is 2. The van der Waals surface area contributed by atoms with Crippen LogP contribution in [0.4, 0.5) is 5.69 Å². The zero-order chi connectivity index (χ0) is 21.4. The Morgan fingerprint density at radius 3 is 2.31 bits per heavy atom. The van der Waals surface area contributed by atoms with Crippen molar-refractivity contribution in [2.75, 3.05) is 18.5 Å². The van der Waals surface area contributed by atoms with Gasteiger partial charge < -0.3 is 14.8 Å². The summed E-state index contributed by atoms with van der Waals surface area (Å²) in [7, 11) is -3.61. The van der Waals surface area contributed by atoms with E-state index in [0.29, 0.717) is 18.0 Å². The van der Waals surface area contributed by atoms with Crippen molar-refractivity contribution in [3.8, 4) is 5.75 Å². The Balaban J connectivity index is 2.02. The minimum Gasteiger partial charge on any atom is -0.492 e. The molecule has 2 rings (SSSR count). The Morgan fingerprint density at radius 2 is 1.69 bits per heavy atom. The zero-order valence-electron chi connectivity index (χ0n) is 16.5. The average molecular weight is 420 g/mol. The van der Waals surface area contributed by atoms with Crippen molar-refractivity contribution in [2.24, 2.45) is 0 Å². The van der Waals surface area contributed by atoms with Crippen LogP contribution in [0.5, 0.6) is 5.75 Å². The Hall–Kier alpha value is -2.91. The number of sulfonamides is 1. The molecule has 1 atom stereocenters. The van der Waals surface area contributed by atoms with Gasteiger partial charge in [0, 0.05) is 6.54 Å². The first kappa shape index (κ1) is 22.4. The number of rotatable bonds is 9. The second-order valence-corrected chi connectivity index (χ2v) is 7.76. The summed E-state index contributed by atoms with van der Waals surface area (Å²) < 4.78 is 36.9. The molecule has 9 heteroatoms. The first-order valence-corrected chi connectivity index (χ1v) is 10.6. The maximum absolute atomic E-state index is 12.4. The third-order valence-corrected chi connectivity index (χ3v) is 5.39. The summed E-state index contributed by atoms with van der Waals surface area (Å²) in [6.45, 7) is 5.64. The van der Waals surface area contributed by atoms with Gasteiger partial charge in [0.15, 0.2) is 6.10 Å². The van der Waals surface area contributed by atoms with E-state index in [9.17, 15) is 18.0 Å². The summed E-state index contributed by atoms with van der Waals surface area (Å²) in [6.07, 6.45) is -1.07. The van der Waals surface area contributed by atoms with Crippen LogP contribution in [0.1, 0.15) is 31.1 Å². The molecule has 0 aromatic heterocycles. The smallest absolute Gasteiger partial charge is 0.338 e. The summed E-state index contributed by atoms with van der Waals surface area (Å²) in [6, 6.07) is 12.2. The standard InChI is InChI=1S/C20H24N2O6S/c1-4-21-29(25,26)16-12-10-15(11-13-16)20(24)28-14(3)19(23)22-17-8-6-7-9-18(17)27-5-2/h6-14,21H,4-5H2,1-3H3,(H,22,23)/t14-/m0/s1. The first-order valence-electron chi connectivity index (χ1n) is 9.11. The number of carbonyl (C=O) groups is 2. The maximum atomic E-state index is 12.4. The van der Waals surface area contributed by atoms with Gasteiger partial charge in [0.1, 0.15) is 5.75 Å². The Bertz CT molecular complexity index is 957. The minimum absolute atomic E-state index is 0.0363. The van der Waals surface area contributed by atoms with Crippen LogP contribution in [0.15, 0.2) is 53.4 Å². The van der Waals surface area contributed by atoms with Crippen LogP contribution in [-0.4, -0.2) is 39.5 Å². The lowest BCUT2D eigenvalue weighted by atomic mass is 10.2. The Labute approximate surface area is 170 Å². The number of hydrogen-bond acceptors (Lipinski definition) is 6. The second-order valence-electron chi connectivity index (χ2n) is 5.99. The zero-order valence-corrected chi connectivity index (χ0v) is 17.3. The van der Waals surface area contributed by atoms with E-state index in [1.165, 1.54) is 31.2 Å². The predicted molar refractivity (Wildman–Crippen MR) is 108 cm³/mol. The SMILES string of the molecule is CCNS(=O)(=O)c1ccc(C(=O)O[C@@H](C)C(=O)Nc2ccccc2OCC)cc1. The van der Waals surface area contributed by atoms with Gasteiger partial charge in [-0.3, -0.25) is 4.79 Å². The van der Waals surface area contributed by atoms with Crippen molar-refractivity contribution in [1.82, 2.24) is 4.72 Å². The fourth-order valence-electron chi connectivity index (χ4n) is 2.41. The number of hydrogen-bond donors (Lipinski definition) is 2. The molecule has 0 aliphatic rings. The molecule has 2 aromatic carbocycles. The highest BCUT2D eigenvalue weighted by Crippen LogP contribution is 2.24. The minimum atomic E-state index is -3.61. The van der Waals surface area contributed by atoms with Gasteiger partial charge in [0.05, 0.1) is 22.8 Å². The molecule has 0 aliphatic carbocycles. The number of ether oxygens (including phenoxy) is 2. The molecule has 156 valence electrons. The highest BCUT2D eigenvalue weighted by molar-refractivity contribution is 7.89. The van der Waals surface area contributed by atoms with E-state index < -0.39 is 28.0 Å². The normalized spacial score (nSPS) is 12.1. The molecule has 8 nitrogen and oxygen atoms in total. The second kappa shape index (κ2) is 10.0. The molecule has 0 fully saturated rings. The van der Waals surface area contributed by atoms with E-state index in [4.69, 9.17) is 9.47 Å². The molecular weight excluding hydrogens is 396 g/mol. The fourth-order valence-corrected chi connectivity index (χ4v) is 3.45. The lowest BCUT2D eigenvalue weighted by Crippen LogP contribution is -2.30. The van der Waals surface area contributed by atoms with Gasteiger partial charge >= 0.3 is 5.97 Å². The molecule has 0 spiro atoms. The van der Waals surface area contributed by atoms with Crippen molar-refractivity contribution < 1.29 is 27.5 Å². The van der Waals surface area contributed by atoms with Crippen molar-refractivity contribution in [2.45, 2.75) is 31.8 Å². The summed E-state index contributed by atoms with van der Waals surface area (Å²) in [5, 5.41) is 2.67. The lowest BCUT2D eigenvalue weighted by Gasteiger charge is -2.15. The van der Waals surface area contributed by atoms with Crippen molar-refractivity contribution in [3.63, 3.8) is 0 Å². The molecule has 0 unspecified atom stereocenters. The summed E-state index contributed by atoms with van der Waals surface area (Å²) in [5.41, 5.74) is 0.607. The number of carbonyl (C=O) groups excluding carboxylic acids is 2. The molecule has 0 radical (unpaired) electrons. The van der Waals surface area contributed by atoms with Gasteiger partial charge in [-0.1, -0.05) is 19.1 Å². The van der Waals surface area contributed by atoms with Gasteiger partial charge in [0.25, 0.3) is 5.91 Å². The number of para-hydroxylation sites is 2. The molecular formula is C20H24N2O6S. The Morgan fingerprint density at radius 1 is 1.03 bits per heavy atom. The highest BCUT2D eigenvalue weighted by atomic mass is 32.2. The van der Waals surface area contributed by atoms with Crippen LogP contribution in [-0.2, 0) is 19.6 Å². The van der Waals surface area contributed by atoms with Crippen LogP contribution in [0, 0.1) is 0 Å². The van der Waals surface area contributed by atoms with E-state index in [1.54, 1.807) is 31.2 Å². The van der Waals surface area contributed by atoms with Crippen LogP contribution < -0.4 is 14.8 Å². The van der Waals surface area contributed by atoms with Gasteiger partial charge in [0.2, 0.25) is 10.0 Å². The summed E-state index contributed by atoms with van der Waals surface area (Å²) >= 11 is 0. The molecule has 0 bridgehead atoms. The molecule has 29 heavy (non-hydrogen) atoms. The van der Waals surface area contributed by atoms with Crippen LogP contribution in [0.25, 0.3) is 0 Å². The van der Waals surface area contributed by atoms with E-state index in [2.05, 4.69) is 10.0 Å². The average Bonchev–Trinajstić information content (AvgIpc) is 2.69. The monoisotopic (exact) mass is 420 g/mol. The molecule has 0 saturated carbocycles. The van der Waals surface area contributed by atoms with E-state index in [0.717, 1.165) is 0 Å². The van der Waals surface area contributed by atoms with Crippen LogP contribution in [0.3, 0.4) is 0 Å². The van der Waals surface area contributed by atoms with E-state index in [-0.39, 0.29) is 17.0 Å². The number of anilines is 1. The number of amides is 1. The third-order valence-electron chi connectivity index (χ3n) is 3.83. The summed E-state index contributed by atoms with van der Waals surface area (Å²) in [5.74, 6) is -0.741. The molecule has 2 N–H and O–H groups in total. The maximum Gasteiger partial charge on any atom is 0.338 e. The van der Waals surface area contributed by atoms with E-state index in [1.807, 2.05) is 6.92 Å². The molecule has 1 amide bonds. The summed E-state index contributed by atoms with van der Waals surface area (Å²) in [4.78, 5) is 24.7. The fraction of sp³-hybridized carbons (Fsp3) is 0.300. The largest absolute Gasteiger partial charge is 0.492 e. The Kier molecular flexibility index (Phi) is 7.74. The predicted octanol–water partition coefficient (Wildman–Crippen LogP) is 2.57. The van der Waals surface area contributed by atoms with Crippen molar-refractivity contribution in [3.05, 3.63) is 54.1 Å². The third kappa shape index (κ3) is 6.03. The van der Waals surface area contributed by atoms with Crippen molar-refractivity contribution >= 4 is 27.6 Å². The highest BCUT2D eigenvalue weighted by Gasteiger charge is 2.21. The van der Waals surface area contributed by atoms with Crippen molar-refractivity contribution in [1.29, 1.82) is 0 Å². The number of esters is 1. The quantitative estimate of drug-likeness (QED) is 0.603. The van der Waals surface area contributed by atoms with Gasteiger partial charge in [-0.05, 0) is 50.2 Å². The first-order chi connectivity index (χ1) is 13.8. The molecule has 2 aromatic rings.